The average Bonchev–Trinajstić information content (AvgIpc) is 2.88. The van der Waals surface area contributed by atoms with Gasteiger partial charge in [-0.1, -0.05) is 17.7 Å². The van der Waals surface area contributed by atoms with E-state index in [-0.39, 0.29) is 0 Å². The van der Waals surface area contributed by atoms with Gasteiger partial charge in [-0.25, -0.2) is 9.97 Å². The van der Waals surface area contributed by atoms with Crippen LogP contribution in [0.3, 0.4) is 0 Å². The zero-order valence-electron chi connectivity index (χ0n) is 11.1. The summed E-state index contributed by atoms with van der Waals surface area (Å²) < 4.78 is 0. The predicted octanol–water partition coefficient (Wildman–Crippen LogP) is 2.76. The minimum atomic E-state index is 0.562. The van der Waals surface area contributed by atoms with Crippen LogP contribution in [0.5, 0.6) is 0 Å². The molecule has 0 bridgehead atoms. The highest BCUT2D eigenvalue weighted by Crippen LogP contribution is 2.16. The second kappa shape index (κ2) is 6.84. The van der Waals surface area contributed by atoms with Crippen molar-refractivity contribution in [3.63, 3.8) is 0 Å². The minimum absolute atomic E-state index is 0.562. The second-order valence-corrected chi connectivity index (χ2v) is 5.97. The summed E-state index contributed by atoms with van der Waals surface area (Å²) in [4.78, 5) is 14.2. The lowest BCUT2D eigenvalue weighted by atomic mass is 10.4. The van der Waals surface area contributed by atoms with Crippen LogP contribution in [0.25, 0.3) is 0 Å². The van der Waals surface area contributed by atoms with Gasteiger partial charge in [0, 0.05) is 18.0 Å². The quantitative estimate of drug-likeness (QED) is 0.820. The predicted molar refractivity (Wildman–Crippen MR) is 81.0 cm³/mol. The van der Waals surface area contributed by atoms with Crippen LogP contribution in [0, 0.1) is 0 Å². The molecule has 0 atom stereocenters. The molecule has 102 valence electrons. The smallest absolute Gasteiger partial charge is 0.225 e. The van der Waals surface area contributed by atoms with E-state index in [0.717, 1.165) is 25.6 Å². The number of anilines is 1. The Morgan fingerprint density at radius 1 is 1.21 bits per heavy atom. The second-order valence-electron chi connectivity index (χ2n) is 4.51. The van der Waals surface area contributed by atoms with Gasteiger partial charge in [0.05, 0.1) is 24.0 Å². The van der Waals surface area contributed by atoms with E-state index in [1.807, 2.05) is 0 Å². The number of rotatable bonds is 6. The van der Waals surface area contributed by atoms with Crippen LogP contribution < -0.4 is 4.90 Å². The number of nitrogens with zero attached hydrogens (tertiary/aromatic N) is 4. The van der Waals surface area contributed by atoms with Crippen LogP contribution in [0.15, 0.2) is 29.9 Å². The summed E-state index contributed by atoms with van der Waals surface area (Å²) in [5.41, 5.74) is 0. The average molecular weight is 297 g/mol. The van der Waals surface area contributed by atoms with Gasteiger partial charge in [0.15, 0.2) is 0 Å². The summed E-state index contributed by atoms with van der Waals surface area (Å²) in [6.07, 6.45) is 3.28. The molecule has 0 saturated heterocycles. The first-order valence-electron chi connectivity index (χ1n) is 6.05. The summed E-state index contributed by atoms with van der Waals surface area (Å²) in [5, 5.41) is 2.65. The Morgan fingerprint density at radius 2 is 1.95 bits per heavy atom. The molecule has 19 heavy (non-hydrogen) atoms. The lowest BCUT2D eigenvalue weighted by Gasteiger charge is -2.23. The SMILES string of the molecule is CN(C)CCN(Cc1cccs1)c1ncc(Cl)cn1. The maximum Gasteiger partial charge on any atom is 0.225 e. The van der Waals surface area contributed by atoms with Gasteiger partial charge >= 0.3 is 0 Å². The Labute approximate surface area is 122 Å². The van der Waals surface area contributed by atoms with Crippen molar-refractivity contribution in [2.24, 2.45) is 0 Å². The summed E-state index contributed by atoms with van der Waals surface area (Å²) in [7, 11) is 4.12. The Morgan fingerprint density at radius 3 is 2.53 bits per heavy atom. The molecular weight excluding hydrogens is 280 g/mol. The standard InChI is InChI=1S/C13H17ClN4S/c1-17(2)5-6-18(10-12-4-3-7-19-12)13-15-8-11(14)9-16-13/h3-4,7-9H,5-6,10H2,1-2H3. The van der Waals surface area contributed by atoms with Crippen LogP contribution in [0.2, 0.25) is 5.02 Å². The van der Waals surface area contributed by atoms with E-state index < -0.39 is 0 Å². The van der Waals surface area contributed by atoms with Crippen LogP contribution in [0.1, 0.15) is 4.88 Å². The number of hydrogen-bond donors (Lipinski definition) is 0. The first-order valence-corrected chi connectivity index (χ1v) is 7.30. The summed E-state index contributed by atoms with van der Waals surface area (Å²) in [5.74, 6) is 0.722. The van der Waals surface area contributed by atoms with Gasteiger partial charge in [0.2, 0.25) is 5.95 Å². The van der Waals surface area contributed by atoms with E-state index in [4.69, 9.17) is 11.6 Å². The molecule has 0 aromatic carbocycles. The van der Waals surface area contributed by atoms with Crippen molar-refractivity contribution in [3.05, 3.63) is 39.8 Å². The molecule has 0 unspecified atom stereocenters. The fourth-order valence-corrected chi connectivity index (χ4v) is 2.45. The van der Waals surface area contributed by atoms with Crippen LogP contribution in [-0.2, 0) is 6.54 Å². The molecular formula is C13H17ClN4S. The molecule has 2 aromatic heterocycles. The fraction of sp³-hybridized carbons (Fsp3) is 0.385. The molecule has 0 aliphatic carbocycles. The van der Waals surface area contributed by atoms with E-state index in [2.05, 4.69) is 51.4 Å². The minimum Gasteiger partial charge on any atom is -0.334 e. The lowest BCUT2D eigenvalue weighted by molar-refractivity contribution is 0.411. The highest BCUT2D eigenvalue weighted by Gasteiger charge is 2.11. The normalized spacial score (nSPS) is 10.9. The molecule has 2 aromatic rings. The Hall–Kier alpha value is -1.17. The molecule has 0 amide bonds. The summed E-state index contributed by atoms with van der Waals surface area (Å²) >= 11 is 7.58. The van der Waals surface area contributed by atoms with Gasteiger partial charge in [-0.3, -0.25) is 0 Å². The zero-order valence-corrected chi connectivity index (χ0v) is 12.7. The van der Waals surface area contributed by atoms with Crippen LogP contribution in [-0.4, -0.2) is 42.1 Å². The van der Waals surface area contributed by atoms with E-state index in [0.29, 0.717) is 5.02 Å². The third kappa shape index (κ3) is 4.45. The number of aromatic nitrogens is 2. The van der Waals surface area contributed by atoms with E-state index in [9.17, 15) is 0 Å². The molecule has 0 aliphatic heterocycles. The van der Waals surface area contributed by atoms with Crippen LogP contribution >= 0.6 is 22.9 Å². The number of thiophene rings is 1. The molecule has 0 spiro atoms. The Bertz CT molecular complexity index is 484. The third-order valence-corrected chi connectivity index (χ3v) is 3.69. The molecule has 4 nitrogen and oxygen atoms in total. The molecule has 0 saturated carbocycles. The third-order valence-electron chi connectivity index (χ3n) is 2.63. The summed E-state index contributed by atoms with van der Waals surface area (Å²) in [6.45, 7) is 2.66. The Balaban J connectivity index is 2.11. The van der Waals surface area contributed by atoms with Crippen molar-refractivity contribution < 1.29 is 0 Å². The number of likely N-dealkylation sites (N-methyl/N-ethyl adjacent to an activating group) is 1. The van der Waals surface area contributed by atoms with E-state index in [1.54, 1.807) is 23.7 Å². The van der Waals surface area contributed by atoms with Crippen molar-refractivity contribution in [2.45, 2.75) is 6.54 Å². The molecule has 0 N–H and O–H groups in total. The molecule has 0 radical (unpaired) electrons. The van der Waals surface area contributed by atoms with Gasteiger partial charge < -0.3 is 9.80 Å². The van der Waals surface area contributed by atoms with Crippen LogP contribution in [0.4, 0.5) is 5.95 Å². The Kier molecular flexibility index (Phi) is 5.13. The number of halogens is 1. The van der Waals surface area contributed by atoms with Crippen molar-refractivity contribution in [1.29, 1.82) is 0 Å². The fourth-order valence-electron chi connectivity index (χ4n) is 1.63. The molecule has 2 heterocycles. The molecule has 0 aliphatic rings. The maximum absolute atomic E-state index is 5.84. The highest BCUT2D eigenvalue weighted by atomic mass is 35.5. The van der Waals surface area contributed by atoms with Gasteiger partial charge in [-0.05, 0) is 25.5 Å². The van der Waals surface area contributed by atoms with Gasteiger partial charge in [-0.2, -0.15) is 0 Å². The van der Waals surface area contributed by atoms with E-state index >= 15 is 0 Å². The molecule has 0 fully saturated rings. The first kappa shape index (κ1) is 14.2. The maximum atomic E-state index is 5.84. The van der Waals surface area contributed by atoms with Crippen molar-refractivity contribution in [3.8, 4) is 0 Å². The number of hydrogen-bond acceptors (Lipinski definition) is 5. The monoisotopic (exact) mass is 296 g/mol. The zero-order chi connectivity index (χ0) is 13.7. The lowest BCUT2D eigenvalue weighted by Crippen LogP contribution is -2.32. The van der Waals surface area contributed by atoms with Gasteiger partial charge in [-0.15, -0.1) is 11.3 Å². The van der Waals surface area contributed by atoms with Gasteiger partial charge in [0.25, 0.3) is 0 Å². The largest absolute Gasteiger partial charge is 0.334 e. The molecule has 2 rings (SSSR count). The highest BCUT2D eigenvalue weighted by molar-refractivity contribution is 7.09. The van der Waals surface area contributed by atoms with E-state index in [1.165, 1.54) is 4.88 Å². The summed E-state index contributed by atoms with van der Waals surface area (Å²) in [6, 6.07) is 4.19. The van der Waals surface area contributed by atoms with Crippen molar-refractivity contribution in [2.75, 3.05) is 32.1 Å². The topological polar surface area (TPSA) is 32.3 Å². The van der Waals surface area contributed by atoms with Crippen molar-refractivity contribution >= 4 is 28.9 Å². The van der Waals surface area contributed by atoms with Crippen molar-refractivity contribution in [1.82, 2.24) is 14.9 Å². The molecule has 6 heteroatoms. The van der Waals surface area contributed by atoms with Gasteiger partial charge in [0.1, 0.15) is 0 Å². The first-order chi connectivity index (χ1) is 9.15.